The van der Waals surface area contributed by atoms with Crippen LogP contribution in [0.4, 0.5) is 20.3 Å². The van der Waals surface area contributed by atoms with Crippen LogP contribution in [-0.4, -0.2) is 131 Å². The van der Waals surface area contributed by atoms with E-state index in [2.05, 4.69) is 35.5 Å². The lowest BCUT2D eigenvalue weighted by Gasteiger charge is -2.46. The smallest absolute Gasteiger partial charge is 0.329 e. The zero-order valence-corrected chi connectivity index (χ0v) is 35.7. The molecule has 1 aromatic carbocycles. The summed E-state index contributed by atoms with van der Waals surface area (Å²) >= 11 is 0. The van der Waals surface area contributed by atoms with Gasteiger partial charge in [0.05, 0.1) is 42.2 Å². The van der Waals surface area contributed by atoms with Crippen molar-refractivity contribution in [2.75, 3.05) is 56.1 Å². The standard InChI is InChI=1S/C44H52F2N12O6/c1-52-39-33(58(44(52)62)34-9-10-37(59)50-43(34)61)3-2-4-35(39)64-29-17-27(18-29)54-15-13-53(14-16-54)21-25-5-7-26(8-6-25)57-23-32(38(51-57)40(45)46)48-42(60)31-20-47-56-12-11-36(49-41(31)56)55-22-30-19-28(55)24-63-30/h2-4,11-12,20,23,25-30,34,40H,5-10,13-19,21-22,24H2,1H3,(H,48,60)(H,50,59,61)/t25-,26-,27?,28-,29?,30-,34?/m1/s1. The van der Waals surface area contributed by atoms with Gasteiger partial charge in [-0.15, -0.1) is 0 Å². The first-order valence-corrected chi connectivity index (χ1v) is 22.6. The number of aromatic nitrogens is 7. The lowest BCUT2D eigenvalue weighted by Crippen LogP contribution is -2.56. The normalized spacial score (nSPS) is 27.8. The molecule has 6 aliphatic rings. The summed E-state index contributed by atoms with van der Waals surface area (Å²) in [6.07, 6.45) is 8.83. The molecule has 4 saturated heterocycles. The maximum atomic E-state index is 14.3. The molecule has 20 heteroatoms. The highest BCUT2D eigenvalue weighted by atomic mass is 19.3. The highest BCUT2D eigenvalue weighted by Gasteiger charge is 2.41. The summed E-state index contributed by atoms with van der Waals surface area (Å²) < 4.78 is 47.0. The largest absolute Gasteiger partial charge is 0.488 e. The first kappa shape index (κ1) is 41.0. The fourth-order valence-electron chi connectivity index (χ4n) is 11.0. The third-order valence-corrected chi connectivity index (χ3v) is 14.6. The van der Waals surface area contributed by atoms with Crippen LogP contribution in [0.3, 0.4) is 0 Å². The number of benzene rings is 1. The van der Waals surface area contributed by atoms with Crippen molar-refractivity contribution in [1.82, 2.24) is 48.6 Å². The molecular formula is C44H52F2N12O6. The number of imide groups is 1. The second-order valence-corrected chi connectivity index (χ2v) is 18.5. The molecule has 1 unspecified atom stereocenters. The monoisotopic (exact) mass is 882 g/mol. The number of alkyl halides is 2. The minimum absolute atomic E-state index is 0.000107. The number of hydrogen-bond acceptors (Lipinski definition) is 12. The maximum absolute atomic E-state index is 14.3. The van der Waals surface area contributed by atoms with Crippen molar-refractivity contribution >= 4 is 45.9 Å². The number of carbonyl (C=O) groups excluding carboxylic acids is 3. The number of amides is 3. The van der Waals surface area contributed by atoms with Gasteiger partial charge in [-0.25, -0.2) is 23.1 Å². The van der Waals surface area contributed by atoms with Crippen LogP contribution in [0.1, 0.15) is 92.3 Å². The molecule has 8 heterocycles. The fraction of sp³-hybridized carbons (Fsp3) is 0.568. The number of halogens is 2. The summed E-state index contributed by atoms with van der Waals surface area (Å²) in [5.41, 5.74) is 1.06. The van der Waals surface area contributed by atoms with E-state index in [4.69, 9.17) is 14.5 Å². The van der Waals surface area contributed by atoms with Crippen molar-refractivity contribution in [3.8, 4) is 5.75 Å². The van der Waals surface area contributed by atoms with Crippen molar-refractivity contribution in [2.24, 2.45) is 13.0 Å². The third kappa shape index (κ3) is 7.41. The number of fused-ring (bicyclic) bond motifs is 4. The van der Waals surface area contributed by atoms with Gasteiger partial charge in [0.1, 0.15) is 34.8 Å². The number of imidazole rings is 1. The van der Waals surface area contributed by atoms with Gasteiger partial charge in [0, 0.05) is 84.0 Å². The molecule has 5 aromatic rings. The zero-order chi connectivity index (χ0) is 43.8. The van der Waals surface area contributed by atoms with E-state index >= 15 is 0 Å². The number of ether oxygens (including phenoxy) is 2. The van der Waals surface area contributed by atoms with Crippen molar-refractivity contribution in [3.63, 3.8) is 0 Å². The summed E-state index contributed by atoms with van der Waals surface area (Å²) in [4.78, 5) is 63.3. The maximum Gasteiger partial charge on any atom is 0.329 e. The summed E-state index contributed by atoms with van der Waals surface area (Å²) in [5.74, 6) is 0.510. The minimum atomic E-state index is -2.86. The van der Waals surface area contributed by atoms with Crippen molar-refractivity contribution in [2.45, 2.75) is 101 Å². The number of piperazine rings is 1. The molecule has 3 atom stereocenters. The molecule has 6 fully saturated rings. The number of rotatable bonds is 11. The van der Waals surface area contributed by atoms with Crippen molar-refractivity contribution in [3.05, 3.63) is 64.6 Å². The first-order chi connectivity index (χ1) is 31.0. The number of piperidine rings is 1. The predicted molar refractivity (Wildman–Crippen MR) is 229 cm³/mol. The van der Waals surface area contributed by atoms with Crippen LogP contribution >= 0.6 is 0 Å². The number of para-hydroxylation sites is 1. The Morgan fingerprint density at radius 3 is 2.55 bits per heavy atom. The third-order valence-electron chi connectivity index (χ3n) is 14.6. The van der Waals surface area contributed by atoms with Crippen LogP contribution in [-0.2, 0) is 21.4 Å². The highest BCUT2D eigenvalue weighted by Crippen LogP contribution is 2.38. The van der Waals surface area contributed by atoms with Crippen LogP contribution in [0.15, 0.2) is 47.7 Å². The van der Waals surface area contributed by atoms with Crippen LogP contribution in [0.25, 0.3) is 16.7 Å². The number of aryl methyl sites for hydroxylation is 1. The van der Waals surface area contributed by atoms with E-state index in [-0.39, 0.29) is 60.0 Å². The predicted octanol–water partition coefficient (Wildman–Crippen LogP) is 3.68. The topological polar surface area (TPSA) is 178 Å². The Morgan fingerprint density at radius 1 is 1.00 bits per heavy atom. The summed E-state index contributed by atoms with van der Waals surface area (Å²) in [6.45, 7) is 6.30. The number of hydrogen-bond donors (Lipinski definition) is 2. The molecule has 2 saturated carbocycles. The van der Waals surface area contributed by atoms with Gasteiger partial charge in [-0.3, -0.25) is 38.4 Å². The Morgan fingerprint density at radius 2 is 1.81 bits per heavy atom. The van der Waals surface area contributed by atoms with Gasteiger partial charge < -0.3 is 24.6 Å². The van der Waals surface area contributed by atoms with E-state index in [0.29, 0.717) is 41.0 Å². The highest BCUT2D eigenvalue weighted by molar-refractivity contribution is 6.08. The number of anilines is 2. The van der Waals surface area contributed by atoms with E-state index in [1.54, 1.807) is 24.1 Å². The molecule has 11 rings (SSSR count). The SMILES string of the molecule is Cn1c(=O)n(C2CCC(=O)NC2=O)c2cccc(OC3CC(N4CCN(C[C@H]5CC[C@H](n6cc(NC(=O)c7cnn8ccc(N9C[C@H]%10C[C@@H]9CO%10)nc78)c(C(F)F)n6)CC5)CC4)C3)c21. The lowest BCUT2D eigenvalue weighted by atomic mass is 9.85. The second-order valence-electron chi connectivity index (χ2n) is 18.5. The minimum Gasteiger partial charge on any atom is -0.488 e. The van der Waals surface area contributed by atoms with E-state index in [0.717, 1.165) is 90.0 Å². The fourth-order valence-corrected chi connectivity index (χ4v) is 11.0. The van der Waals surface area contributed by atoms with Gasteiger partial charge in [-0.2, -0.15) is 10.2 Å². The lowest BCUT2D eigenvalue weighted by molar-refractivity contribution is -0.135. The molecule has 0 spiro atoms. The van der Waals surface area contributed by atoms with E-state index in [9.17, 15) is 28.0 Å². The molecular weight excluding hydrogens is 831 g/mol. The Hall–Kier alpha value is -5.73. The van der Waals surface area contributed by atoms with Crippen molar-refractivity contribution < 1.29 is 32.6 Å². The molecule has 338 valence electrons. The van der Waals surface area contributed by atoms with E-state index < -0.39 is 30.0 Å². The van der Waals surface area contributed by atoms with E-state index in [1.165, 1.54) is 19.8 Å². The number of nitrogens with zero attached hydrogens (tertiary/aromatic N) is 10. The van der Waals surface area contributed by atoms with Gasteiger partial charge in [0.25, 0.3) is 12.3 Å². The molecule has 18 nitrogen and oxygen atoms in total. The van der Waals surface area contributed by atoms with Crippen LogP contribution in [0.5, 0.6) is 5.75 Å². The zero-order valence-electron chi connectivity index (χ0n) is 35.7. The number of nitrogens with one attached hydrogen (secondary N) is 2. The molecule has 0 radical (unpaired) electrons. The van der Waals surface area contributed by atoms with Gasteiger partial charge in [0.15, 0.2) is 11.3 Å². The number of morpholine rings is 1. The Labute approximate surface area is 366 Å². The molecule has 2 aliphatic carbocycles. The van der Waals surface area contributed by atoms with Crippen LogP contribution in [0.2, 0.25) is 0 Å². The van der Waals surface area contributed by atoms with Crippen LogP contribution < -0.4 is 26.0 Å². The molecule has 4 aromatic heterocycles. The Bertz CT molecular complexity index is 2670. The first-order valence-electron chi connectivity index (χ1n) is 22.6. The van der Waals surface area contributed by atoms with Gasteiger partial charge in [-0.05, 0) is 62.6 Å². The molecule has 2 N–H and O–H groups in total. The molecule has 2 bridgehead atoms. The quantitative estimate of drug-likeness (QED) is 0.184. The Kier molecular flexibility index (Phi) is 10.5. The second kappa shape index (κ2) is 16.4. The van der Waals surface area contributed by atoms with Gasteiger partial charge in [0.2, 0.25) is 11.8 Å². The average Bonchev–Trinajstić information content (AvgIpc) is 4.13. The van der Waals surface area contributed by atoms with Gasteiger partial charge in [-0.1, -0.05) is 6.07 Å². The Balaban J connectivity index is 0.653. The van der Waals surface area contributed by atoms with E-state index in [1.807, 2.05) is 24.3 Å². The van der Waals surface area contributed by atoms with Crippen molar-refractivity contribution in [1.29, 1.82) is 0 Å². The summed E-state index contributed by atoms with van der Waals surface area (Å²) in [5, 5.41) is 13.7. The molecule has 3 amide bonds. The average molecular weight is 883 g/mol. The molecule has 4 aliphatic heterocycles. The number of carbonyl (C=O) groups is 3. The van der Waals surface area contributed by atoms with Gasteiger partial charge >= 0.3 is 5.69 Å². The molecule has 64 heavy (non-hydrogen) atoms. The summed E-state index contributed by atoms with van der Waals surface area (Å²) in [6, 6.07) is 7.28. The summed E-state index contributed by atoms with van der Waals surface area (Å²) in [7, 11) is 1.69. The van der Waals surface area contributed by atoms with Crippen LogP contribution in [0, 0.1) is 5.92 Å².